The van der Waals surface area contributed by atoms with Gasteiger partial charge in [0.05, 0.1) is 27.9 Å². The molecular weight excluding hydrogens is 843 g/mol. The Morgan fingerprint density at radius 1 is 0.431 bits per heavy atom. The Labute approximate surface area is 385 Å². The number of fused-ring (bicyclic) bond motifs is 7. The van der Waals surface area contributed by atoms with Gasteiger partial charge in [0.25, 0.3) is 0 Å². The molecule has 0 atom stereocenters. The fraction of sp³-hybridized carbons (Fsp3) is 0.0727. The van der Waals surface area contributed by atoms with E-state index in [4.69, 9.17) is 14.2 Å². The minimum Gasteiger partial charge on any atom is -0.493 e. The smallest absolute Gasteiger partial charge is 0.231 e. The monoisotopic (exact) mass is 889 g/mol. The summed E-state index contributed by atoms with van der Waals surface area (Å²) in [6, 6.07) is 62.9. The Morgan fingerprint density at radius 2 is 1.05 bits per heavy atom. The van der Waals surface area contributed by atoms with Crippen LogP contribution in [0.4, 0.5) is 0 Å². The first-order valence-corrected chi connectivity index (χ1v) is 23.0. The summed E-state index contributed by atoms with van der Waals surface area (Å²) in [5.74, 6) is 2.77. The van der Waals surface area contributed by atoms with E-state index in [0.717, 1.165) is 52.3 Å². The molecule has 8 nitrogen and oxygen atoms in total. The quantitative estimate of drug-likeness (QED) is 0.157. The van der Waals surface area contributed by atoms with Crippen molar-refractivity contribution < 1.29 is 14.2 Å². The van der Waals surface area contributed by atoms with Crippen LogP contribution in [-0.4, -0.2) is 38.3 Å². The van der Waals surface area contributed by atoms with Crippen LogP contribution in [0, 0.1) is 0 Å². The second-order valence-corrected chi connectivity index (χ2v) is 16.2. The highest BCUT2D eigenvalue weighted by atomic mass is 32.1. The first kappa shape index (κ1) is 43.8. The second-order valence-electron chi connectivity index (χ2n) is 14.4. The number of nitrogens with one attached hydrogen (secondary N) is 2. The van der Waals surface area contributed by atoms with Gasteiger partial charge in [-0.25, -0.2) is 9.97 Å². The highest BCUT2D eigenvalue weighted by Crippen LogP contribution is 2.30. The Kier molecular flexibility index (Phi) is 15.9. The molecule has 14 rings (SSSR count). The Bertz CT molecular complexity index is 2770. The van der Waals surface area contributed by atoms with E-state index in [9.17, 15) is 0 Å². The molecule has 0 bridgehead atoms. The summed E-state index contributed by atoms with van der Waals surface area (Å²) >= 11 is 3.46. The lowest BCUT2D eigenvalue weighted by atomic mass is 10.1. The molecule has 0 unspecified atom stereocenters. The number of aryl methyl sites for hydroxylation is 1. The van der Waals surface area contributed by atoms with Gasteiger partial charge in [-0.1, -0.05) is 103 Å². The van der Waals surface area contributed by atoms with Gasteiger partial charge in [0.2, 0.25) is 6.79 Å². The van der Waals surface area contributed by atoms with E-state index >= 15 is 0 Å². The maximum atomic E-state index is 5.42. The van der Waals surface area contributed by atoms with Gasteiger partial charge in [-0.15, -0.1) is 22.7 Å². The number of hydrogen-bond donors (Lipinski definition) is 2. The molecule has 0 spiro atoms. The van der Waals surface area contributed by atoms with Gasteiger partial charge in [0, 0.05) is 45.8 Å². The number of nitrogens with zero attached hydrogens (tertiary/aromatic N) is 3. The Hall–Kier alpha value is -7.79. The first-order chi connectivity index (χ1) is 32.3. The number of hydrogen-bond acceptors (Lipinski definition) is 8. The number of ether oxygens (including phenoxy) is 3. The van der Waals surface area contributed by atoms with Crippen molar-refractivity contribution in [1.29, 1.82) is 0 Å². The highest BCUT2D eigenvalue weighted by molar-refractivity contribution is 7.17. The van der Waals surface area contributed by atoms with E-state index < -0.39 is 0 Å². The zero-order valence-electron chi connectivity index (χ0n) is 35.6. The van der Waals surface area contributed by atoms with Crippen LogP contribution < -0.4 is 14.2 Å². The fourth-order valence-electron chi connectivity index (χ4n) is 6.74. The lowest BCUT2D eigenvalue weighted by Gasteiger charge is -2.15. The van der Waals surface area contributed by atoms with Crippen molar-refractivity contribution >= 4 is 75.8 Å². The van der Waals surface area contributed by atoms with Crippen molar-refractivity contribution in [2.45, 2.75) is 12.8 Å². The molecule has 0 amide bonds. The van der Waals surface area contributed by atoms with Crippen LogP contribution in [0.3, 0.4) is 0 Å². The Morgan fingerprint density at radius 3 is 1.80 bits per heavy atom. The molecule has 8 heterocycles. The summed E-state index contributed by atoms with van der Waals surface area (Å²) in [4.78, 5) is 18.5. The normalized spacial score (nSPS) is 11.5. The van der Waals surface area contributed by atoms with E-state index in [1.807, 2.05) is 133 Å². The number of pyridine rings is 2. The van der Waals surface area contributed by atoms with Crippen molar-refractivity contribution in [1.82, 2.24) is 24.9 Å². The molecule has 0 saturated carbocycles. The topological polar surface area (TPSA) is 97.9 Å². The van der Waals surface area contributed by atoms with E-state index in [0.29, 0.717) is 6.79 Å². The van der Waals surface area contributed by atoms with Crippen LogP contribution in [0.15, 0.2) is 224 Å². The highest BCUT2D eigenvalue weighted by Gasteiger charge is 2.09. The van der Waals surface area contributed by atoms with Crippen LogP contribution >= 0.6 is 22.7 Å². The van der Waals surface area contributed by atoms with E-state index in [1.54, 1.807) is 28.9 Å². The van der Waals surface area contributed by atoms with E-state index in [1.165, 1.54) is 43.1 Å². The fourth-order valence-corrected chi connectivity index (χ4v) is 8.21. The average molecular weight is 890 g/mol. The van der Waals surface area contributed by atoms with Crippen molar-refractivity contribution in [3.05, 3.63) is 229 Å². The van der Waals surface area contributed by atoms with E-state index in [-0.39, 0.29) is 0 Å². The predicted octanol–water partition coefficient (Wildman–Crippen LogP) is 14.6. The SMILES string of the molecule is c1ccc2[nH]ccc2c1.c1ccc2c(c1)CCCO2.c1ccc2c(c1)OCO2.c1ccc2ncccc2c1.c1ccc2sccc2c1.c1ccc2scnc2c1.c1cnc2[nH]ccc2c1. The molecule has 0 radical (unpaired) electrons. The van der Waals surface area contributed by atoms with E-state index in [2.05, 4.69) is 109 Å². The number of thiazole rings is 1. The van der Waals surface area contributed by atoms with Crippen molar-refractivity contribution in [3.8, 4) is 17.2 Å². The second kappa shape index (κ2) is 23.6. The van der Waals surface area contributed by atoms with Crippen LogP contribution in [-0.2, 0) is 6.42 Å². The van der Waals surface area contributed by atoms with Crippen LogP contribution in [0.2, 0.25) is 0 Å². The van der Waals surface area contributed by atoms with Gasteiger partial charge in [0.15, 0.2) is 11.5 Å². The molecule has 10 heteroatoms. The number of benzene rings is 6. The number of aromatic nitrogens is 5. The third kappa shape index (κ3) is 12.9. The van der Waals surface area contributed by atoms with Gasteiger partial charge in [0.1, 0.15) is 11.4 Å². The van der Waals surface area contributed by atoms with Crippen LogP contribution in [0.25, 0.3) is 53.1 Å². The zero-order chi connectivity index (χ0) is 44.1. The lowest BCUT2D eigenvalue weighted by molar-refractivity contribution is 0.174. The summed E-state index contributed by atoms with van der Waals surface area (Å²) in [6.07, 6.45) is 9.76. The Balaban J connectivity index is 0.000000103. The maximum absolute atomic E-state index is 5.42. The van der Waals surface area contributed by atoms with Crippen molar-refractivity contribution in [2.24, 2.45) is 0 Å². The molecule has 12 aromatic rings. The number of H-pyrrole nitrogens is 2. The molecule has 2 N–H and O–H groups in total. The number of rotatable bonds is 0. The average Bonchev–Trinajstić information content (AvgIpc) is 4.26. The van der Waals surface area contributed by atoms with Gasteiger partial charge in [-0.2, -0.15) is 0 Å². The van der Waals surface area contributed by atoms with Gasteiger partial charge in [-0.05, 0) is 119 Å². The van der Waals surface area contributed by atoms with Gasteiger partial charge < -0.3 is 24.2 Å². The molecular formula is C55H47N5O3S2. The van der Waals surface area contributed by atoms with Gasteiger partial charge in [-0.3, -0.25) is 4.98 Å². The third-order valence-electron chi connectivity index (χ3n) is 9.99. The largest absolute Gasteiger partial charge is 0.493 e. The minimum atomic E-state index is 0.360. The molecule has 2 aliphatic rings. The summed E-state index contributed by atoms with van der Waals surface area (Å²) in [7, 11) is 0. The first-order valence-electron chi connectivity index (χ1n) is 21.2. The summed E-state index contributed by atoms with van der Waals surface area (Å²) in [5, 5.41) is 7.10. The summed E-state index contributed by atoms with van der Waals surface area (Å²) in [5.41, 5.74) is 7.54. The molecule has 0 fully saturated rings. The van der Waals surface area contributed by atoms with Gasteiger partial charge >= 0.3 is 0 Å². The number of aromatic amines is 2. The molecule has 6 aromatic carbocycles. The zero-order valence-corrected chi connectivity index (χ0v) is 37.2. The molecule has 65 heavy (non-hydrogen) atoms. The predicted molar refractivity (Wildman–Crippen MR) is 270 cm³/mol. The molecule has 0 saturated heterocycles. The van der Waals surface area contributed by atoms with Crippen molar-refractivity contribution in [3.63, 3.8) is 0 Å². The van der Waals surface area contributed by atoms with Crippen molar-refractivity contribution in [2.75, 3.05) is 13.4 Å². The molecule has 322 valence electrons. The lowest BCUT2D eigenvalue weighted by Crippen LogP contribution is -2.07. The maximum Gasteiger partial charge on any atom is 0.231 e. The summed E-state index contributed by atoms with van der Waals surface area (Å²) < 4.78 is 18.2. The number of para-hydroxylation sites is 6. The summed E-state index contributed by atoms with van der Waals surface area (Å²) in [6.45, 7) is 1.25. The molecule has 0 aliphatic carbocycles. The number of thiophene rings is 1. The standard InChI is InChI=1S/C9H7N.C9H10O.C8H7N.C8H6S.C7H6N2.C7H5NS.C7H6O2/c2*1-2-6-9-8(4-1)5-3-7-10-9;2*1-2-4-8-7(3-1)5-6-9-8;1-2-6-3-5-9-7(6)8-4-1;2*1-2-4-7-6(3-1)8-5-9-7/h1-7H;1-2,4,6H,3,5,7H2;1-6,9H;1-6H;1-5H,(H,8,9);1-5H;1-4H,5H2. The minimum absolute atomic E-state index is 0.360. The third-order valence-corrected chi connectivity index (χ3v) is 11.7. The van der Waals surface area contributed by atoms with Crippen LogP contribution in [0.1, 0.15) is 12.0 Å². The van der Waals surface area contributed by atoms with Crippen LogP contribution in [0.5, 0.6) is 17.2 Å². The molecule has 2 aliphatic heterocycles. The molecule has 6 aromatic heterocycles.